The van der Waals surface area contributed by atoms with Crippen LogP contribution in [0, 0.1) is 9.39 Å². The molecule has 0 aliphatic heterocycles. The molecule has 2 aromatic rings. The lowest BCUT2D eigenvalue weighted by Crippen LogP contribution is -2.23. The molecule has 1 nitrogen and oxygen atoms in total. The zero-order chi connectivity index (χ0) is 14.5. The van der Waals surface area contributed by atoms with E-state index in [4.69, 9.17) is 11.6 Å². The smallest absolute Gasteiger partial charge is 0.145 e. The molecule has 1 unspecified atom stereocenters. The van der Waals surface area contributed by atoms with Gasteiger partial charge in [0.25, 0.3) is 0 Å². The molecular weight excluding hydrogens is 388 g/mol. The molecule has 1 N–H and O–H groups in total. The number of hydrogen-bond acceptors (Lipinski definition) is 1. The maximum absolute atomic E-state index is 14.0. The number of halogens is 3. The fraction of sp³-hybridized carbons (Fsp3) is 0.250. The summed E-state index contributed by atoms with van der Waals surface area (Å²) in [5, 5.41) is 3.58. The normalized spacial score (nSPS) is 12.4. The first-order chi connectivity index (χ1) is 9.61. The van der Waals surface area contributed by atoms with Gasteiger partial charge in [-0.15, -0.1) is 0 Å². The average Bonchev–Trinajstić information content (AvgIpc) is 2.44. The third-order valence-corrected chi connectivity index (χ3v) is 4.19. The Balaban J connectivity index is 2.25. The van der Waals surface area contributed by atoms with Gasteiger partial charge in [0.2, 0.25) is 0 Å². The van der Waals surface area contributed by atoms with Crippen LogP contribution in [0.25, 0.3) is 0 Å². The Bertz CT molecular complexity index is 571. The fourth-order valence-electron chi connectivity index (χ4n) is 2.18. The van der Waals surface area contributed by atoms with Gasteiger partial charge in [-0.1, -0.05) is 42.8 Å². The van der Waals surface area contributed by atoms with Gasteiger partial charge in [-0.05, 0) is 64.9 Å². The van der Waals surface area contributed by atoms with E-state index >= 15 is 0 Å². The van der Waals surface area contributed by atoms with Crippen molar-refractivity contribution in [2.75, 3.05) is 6.54 Å². The summed E-state index contributed by atoms with van der Waals surface area (Å²) < 4.78 is 15.2. The molecule has 0 fully saturated rings. The second-order valence-electron chi connectivity index (χ2n) is 4.58. The van der Waals surface area contributed by atoms with E-state index in [0.717, 1.165) is 12.1 Å². The van der Waals surface area contributed by atoms with Crippen LogP contribution in [0.1, 0.15) is 24.1 Å². The maximum atomic E-state index is 14.0. The summed E-state index contributed by atoms with van der Waals surface area (Å²) in [6.45, 7) is 2.88. The molecular formula is C16H16ClFIN. The molecule has 106 valence electrons. The van der Waals surface area contributed by atoms with Crippen molar-refractivity contribution in [2.45, 2.75) is 19.4 Å². The molecule has 0 spiro atoms. The fourth-order valence-corrected chi connectivity index (χ4v) is 2.73. The summed E-state index contributed by atoms with van der Waals surface area (Å²) in [5.74, 6) is -0.317. The summed E-state index contributed by atoms with van der Waals surface area (Å²) in [6.07, 6.45) is 0.584. The molecule has 0 aliphatic rings. The Morgan fingerprint density at radius 2 is 1.90 bits per heavy atom. The van der Waals surface area contributed by atoms with E-state index in [-0.39, 0.29) is 16.9 Å². The van der Waals surface area contributed by atoms with Gasteiger partial charge in [0, 0.05) is 9.61 Å². The minimum absolute atomic E-state index is 0.0879. The van der Waals surface area contributed by atoms with E-state index in [1.807, 2.05) is 6.92 Å². The molecule has 0 aromatic heterocycles. The van der Waals surface area contributed by atoms with Crippen LogP contribution in [0.5, 0.6) is 0 Å². The number of likely N-dealkylation sites (N-methyl/N-ethyl adjacent to an activating group) is 1. The number of hydrogen-bond donors (Lipinski definition) is 1. The third-order valence-electron chi connectivity index (χ3n) is 3.18. The van der Waals surface area contributed by atoms with Crippen molar-refractivity contribution in [3.05, 3.63) is 68.0 Å². The van der Waals surface area contributed by atoms with E-state index < -0.39 is 0 Å². The van der Waals surface area contributed by atoms with Crippen molar-refractivity contribution in [3.63, 3.8) is 0 Å². The van der Waals surface area contributed by atoms with Gasteiger partial charge in [-0.25, -0.2) is 4.39 Å². The number of rotatable bonds is 5. The van der Waals surface area contributed by atoms with E-state index in [2.05, 4.69) is 52.2 Å². The Morgan fingerprint density at radius 1 is 1.20 bits per heavy atom. The van der Waals surface area contributed by atoms with E-state index in [1.165, 1.54) is 3.57 Å². The van der Waals surface area contributed by atoms with Crippen molar-refractivity contribution < 1.29 is 4.39 Å². The zero-order valence-electron chi connectivity index (χ0n) is 11.2. The first-order valence-electron chi connectivity index (χ1n) is 6.53. The van der Waals surface area contributed by atoms with Gasteiger partial charge in [0.05, 0.1) is 5.02 Å². The first-order valence-corrected chi connectivity index (χ1v) is 7.99. The summed E-state index contributed by atoms with van der Waals surface area (Å²) in [6, 6.07) is 13.5. The lowest BCUT2D eigenvalue weighted by Gasteiger charge is -2.19. The third kappa shape index (κ3) is 3.93. The van der Waals surface area contributed by atoms with Gasteiger partial charge in [-0.2, -0.15) is 0 Å². The van der Waals surface area contributed by atoms with Crippen molar-refractivity contribution >= 4 is 34.2 Å². The largest absolute Gasteiger partial charge is 0.310 e. The monoisotopic (exact) mass is 403 g/mol. The second-order valence-corrected chi connectivity index (χ2v) is 6.23. The summed E-state index contributed by atoms with van der Waals surface area (Å²) in [4.78, 5) is 0. The topological polar surface area (TPSA) is 12.0 Å². The van der Waals surface area contributed by atoms with Crippen molar-refractivity contribution in [2.24, 2.45) is 0 Å². The molecule has 0 bridgehead atoms. The molecule has 1 atom stereocenters. The summed E-state index contributed by atoms with van der Waals surface area (Å²) in [7, 11) is 0. The Hall–Kier alpha value is -0.650. The van der Waals surface area contributed by atoms with Crippen LogP contribution in [0.15, 0.2) is 42.5 Å². The van der Waals surface area contributed by atoms with Gasteiger partial charge < -0.3 is 5.32 Å². The highest BCUT2D eigenvalue weighted by Gasteiger charge is 2.15. The quantitative estimate of drug-likeness (QED) is 0.695. The predicted octanol–water partition coefficient (Wildman–Crippen LogP) is 4.98. The molecule has 2 rings (SSSR count). The Morgan fingerprint density at radius 3 is 2.55 bits per heavy atom. The molecule has 0 amide bonds. The molecule has 4 heteroatoms. The van der Waals surface area contributed by atoms with Crippen LogP contribution in [-0.4, -0.2) is 6.54 Å². The maximum Gasteiger partial charge on any atom is 0.145 e. The zero-order valence-corrected chi connectivity index (χ0v) is 14.1. The van der Waals surface area contributed by atoms with Gasteiger partial charge in [0.15, 0.2) is 0 Å². The van der Waals surface area contributed by atoms with E-state index in [1.54, 1.807) is 18.2 Å². The minimum Gasteiger partial charge on any atom is -0.310 e. The van der Waals surface area contributed by atoms with Gasteiger partial charge in [0.1, 0.15) is 5.82 Å². The second kappa shape index (κ2) is 7.38. The van der Waals surface area contributed by atoms with Gasteiger partial charge in [-0.3, -0.25) is 0 Å². The highest BCUT2D eigenvalue weighted by molar-refractivity contribution is 14.1. The van der Waals surface area contributed by atoms with Gasteiger partial charge >= 0.3 is 0 Å². The van der Waals surface area contributed by atoms with Crippen molar-refractivity contribution in [1.82, 2.24) is 5.32 Å². The minimum atomic E-state index is -0.317. The number of benzene rings is 2. The standard InChI is InChI=1S/C16H16ClFIN/c1-2-20-15(11-6-8-13(19)9-7-11)10-12-4-3-5-14(17)16(12)18/h3-9,15,20H,2,10H2,1H3. The van der Waals surface area contributed by atoms with E-state index in [9.17, 15) is 4.39 Å². The SMILES string of the molecule is CCNC(Cc1cccc(Cl)c1F)c1ccc(I)cc1. The van der Waals surface area contributed by atoms with E-state index in [0.29, 0.717) is 12.0 Å². The summed E-state index contributed by atoms with van der Waals surface area (Å²) in [5.41, 5.74) is 1.80. The van der Waals surface area contributed by atoms with Crippen LogP contribution in [0.2, 0.25) is 5.02 Å². The van der Waals surface area contributed by atoms with Crippen LogP contribution in [-0.2, 0) is 6.42 Å². The molecule has 0 radical (unpaired) electrons. The van der Waals surface area contributed by atoms with Crippen molar-refractivity contribution in [3.8, 4) is 0 Å². The highest BCUT2D eigenvalue weighted by Crippen LogP contribution is 2.24. The van der Waals surface area contributed by atoms with Crippen LogP contribution in [0.4, 0.5) is 4.39 Å². The number of nitrogens with one attached hydrogen (secondary N) is 1. The predicted molar refractivity (Wildman–Crippen MR) is 90.7 cm³/mol. The van der Waals surface area contributed by atoms with Crippen LogP contribution in [0.3, 0.4) is 0 Å². The Kier molecular flexibility index (Phi) is 5.81. The van der Waals surface area contributed by atoms with Crippen LogP contribution < -0.4 is 5.32 Å². The van der Waals surface area contributed by atoms with Crippen molar-refractivity contribution in [1.29, 1.82) is 0 Å². The lowest BCUT2D eigenvalue weighted by atomic mass is 9.98. The Labute approximate surface area is 137 Å². The molecule has 20 heavy (non-hydrogen) atoms. The molecule has 0 heterocycles. The molecule has 2 aromatic carbocycles. The first kappa shape index (κ1) is 15.7. The van der Waals surface area contributed by atoms with Crippen LogP contribution >= 0.6 is 34.2 Å². The lowest BCUT2D eigenvalue weighted by molar-refractivity contribution is 0.528. The summed E-state index contributed by atoms with van der Waals surface area (Å²) >= 11 is 8.12. The molecule has 0 saturated carbocycles. The average molecular weight is 404 g/mol. The molecule has 0 aliphatic carbocycles. The highest BCUT2D eigenvalue weighted by atomic mass is 127. The molecule has 0 saturated heterocycles.